The largest absolute Gasteiger partial charge is 0.358 e. The minimum atomic E-state index is 0. The van der Waals surface area contributed by atoms with Crippen LogP contribution < -0.4 is 0 Å². The van der Waals surface area contributed by atoms with Crippen LogP contribution in [0.3, 0.4) is 0 Å². The molecule has 41 valence electrons. The van der Waals surface area contributed by atoms with Gasteiger partial charge in [-0.1, -0.05) is 0 Å². The summed E-state index contributed by atoms with van der Waals surface area (Å²) < 4.78 is 0. The topological polar surface area (TPSA) is 0 Å². The van der Waals surface area contributed by atoms with Crippen LogP contribution in [0, 0.1) is 13.5 Å². The molecular weight excluding hydrogens is 258 g/mol. The van der Waals surface area contributed by atoms with Gasteiger partial charge < -0.3 is 7.43 Å². The molecule has 0 aromatic heterocycles. The van der Waals surface area contributed by atoms with Gasteiger partial charge in [-0.3, -0.25) is 6.08 Å². The molecule has 0 saturated carbocycles. The molecule has 7 heavy (non-hydrogen) atoms. The van der Waals surface area contributed by atoms with Gasteiger partial charge >= 0.3 is 0 Å². The third-order valence-corrected chi connectivity index (χ3v) is 0.586. The van der Waals surface area contributed by atoms with E-state index in [-0.39, 0.29) is 27.8 Å². The van der Waals surface area contributed by atoms with Crippen molar-refractivity contribution in [2.75, 3.05) is 0 Å². The number of hydrogen-bond acceptors (Lipinski definition) is 0. The molecule has 1 aliphatic carbocycles. The van der Waals surface area contributed by atoms with Crippen molar-refractivity contribution in [3.05, 3.63) is 31.7 Å². The number of rotatable bonds is 0. The maximum atomic E-state index is 2.99. The third-order valence-electron chi connectivity index (χ3n) is 0.586. The van der Waals surface area contributed by atoms with Crippen LogP contribution in [0.25, 0.3) is 0 Å². The first-order valence-electron chi connectivity index (χ1n) is 1.72. The summed E-state index contributed by atoms with van der Waals surface area (Å²) in [5.41, 5.74) is 0. The average Bonchev–Trinajstić information content (AvgIpc) is 1.76. The van der Waals surface area contributed by atoms with Gasteiger partial charge in [0.2, 0.25) is 0 Å². The first-order chi connectivity index (χ1) is 2.50. The Labute approximate surface area is 59.0 Å². The van der Waals surface area contributed by atoms with Crippen LogP contribution in [0.5, 0.6) is 0 Å². The van der Waals surface area contributed by atoms with Gasteiger partial charge in [0.25, 0.3) is 0 Å². The van der Waals surface area contributed by atoms with Gasteiger partial charge in [0.05, 0.1) is 0 Å². The smallest absolute Gasteiger partial charge is 0 e. The normalized spacial score (nSPS) is 12.6. The van der Waals surface area contributed by atoms with E-state index in [1.54, 1.807) is 0 Å². The molecule has 0 bridgehead atoms. The Hall–Kier alpha value is 0.142. The zero-order valence-electron chi connectivity index (χ0n) is 4.32. The first kappa shape index (κ1) is 10.2. The van der Waals surface area contributed by atoms with E-state index in [0.29, 0.717) is 0 Å². The van der Waals surface area contributed by atoms with Crippen LogP contribution >= 0.6 is 0 Å². The fourth-order valence-corrected chi connectivity index (χ4v) is 0.340. The zero-order chi connectivity index (χ0) is 3.54. The predicted molar refractivity (Wildman–Crippen MR) is 28.0 cm³/mol. The SMILES string of the molecule is [C-]1=CC=CC1.[CH3-].[Re]. The Balaban J connectivity index is 0. The van der Waals surface area contributed by atoms with E-state index in [0.717, 1.165) is 6.42 Å². The molecule has 0 spiro atoms. The summed E-state index contributed by atoms with van der Waals surface area (Å²) in [5.74, 6) is 0. The molecule has 0 aliphatic heterocycles. The van der Waals surface area contributed by atoms with Gasteiger partial charge in [-0.2, -0.15) is 6.08 Å². The zero-order valence-corrected chi connectivity index (χ0v) is 7.03. The van der Waals surface area contributed by atoms with Crippen LogP contribution in [0.2, 0.25) is 0 Å². The van der Waals surface area contributed by atoms with Crippen molar-refractivity contribution in [1.82, 2.24) is 0 Å². The second-order valence-corrected chi connectivity index (χ2v) is 1.00. The fraction of sp³-hybridized carbons (Fsp3) is 0.167. The van der Waals surface area contributed by atoms with Crippen molar-refractivity contribution < 1.29 is 20.4 Å². The van der Waals surface area contributed by atoms with Gasteiger partial charge in [0, 0.05) is 20.4 Å². The Morgan fingerprint density at radius 3 is 2.29 bits per heavy atom. The van der Waals surface area contributed by atoms with E-state index < -0.39 is 0 Å². The van der Waals surface area contributed by atoms with Crippen molar-refractivity contribution in [3.63, 3.8) is 0 Å². The van der Waals surface area contributed by atoms with Gasteiger partial charge in [0.1, 0.15) is 0 Å². The quantitative estimate of drug-likeness (QED) is 0.586. The van der Waals surface area contributed by atoms with Crippen LogP contribution in [0.15, 0.2) is 18.2 Å². The maximum absolute atomic E-state index is 2.99. The monoisotopic (exact) mass is 267 g/mol. The van der Waals surface area contributed by atoms with Crippen LogP contribution in [-0.2, 0) is 20.4 Å². The molecule has 1 heteroatoms. The van der Waals surface area contributed by atoms with Gasteiger partial charge in [-0.05, 0) is 0 Å². The van der Waals surface area contributed by atoms with Crippen molar-refractivity contribution in [1.29, 1.82) is 0 Å². The second kappa shape index (κ2) is 6.14. The molecular formula is C6H8Re-2. The third kappa shape index (κ3) is 3.99. The van der Waals surface area contributed by atoms with Crippen LogP contribution in [-0.4, -0.2) is 0 Å². The summed E-state index contributed by atoms with van der Waals surface area (Å²) in [6.07, 6.45) is 10.0. The molecule has 1 rings (SSSR count). The number of allylic oxidation sites excluding steroid dienone is 4. The standard InChI is InChI=1S/C5H5.CH3.Re/c1-2-4-5-3-1;;/h1-3H,4H2;1H3;/q2*-1;. The van der Waals surface area contributed by atoms with Crippen molar-refractivity contribution in [2.45, 2.75) is 6.42 Å². The molecule has 0 nitrogen and oxygen atoms in total. The minimum Gasteiger partial charge on any atom is -0.358 e. The molecule has 0 amide bonds. The second-order valence-electron chi connectivity index (χ2n) is 1.00. The number of hydrogen-bond donors (Lipinski definition) is 0. The van der Waals surface area contributed by atoms with Crippen molar-refractivity contribution >= 4 is 0 Å². The molecule has 0 aromatic carbocycles. The van der Waals surface area contributed by atoms with Gasteiger partial charge in [0.15, 0.2) is 0 Å². The summed E-state index contributed by atoms with van der Waals surface area (Å²) in [4.78, 5) is 0. The fourth-order valence-electron chi connectivity index (χ4n) is 0.340. The Bertz CT molecular complexity index is 62.2. The van der Waals surface area contributed by atoms with E-state index >= 15 is 0 Å². The summed E-state index contributed by atoms with van der Waals surface area (Å²) in [7, 11) is 0. The summed E-state index contributed by atoms with van der Waals surface area (Å²) in [6.45, 7) is 0. The van der Waals surface area contributed by atoms with Gasteiger partial charge in [-0.15, -0.1) is 6.42 Å². The Kier molecular flexibility index (Phi) is 8.94. The van der Waals surface area contributed by atoms with Crippen LogP contribution in [0.4, 0.5) is 0 Å². The van der Waals surface area contributed by atoms with Gasteiger partial charge in [-0.25, -0.2) is 12.2 Å². The molecule has 0 atom stereocenters. The Morgan fingerprint density at radius 2 is 2.14 bits per heavy atom. The molecule has 0 unspecified atom stereocenters. The molecule has 0 heterocycles. The van der Waals surface area contributed by atoms with Crippen LogP contribution in [0.1, 0.15) is 6.42 Å². The van der Waals surface area contributed by atoms with E-state index in [1.165, 1.54) is 0 Å². The first-order valence-corrected chi connectivity index (χ1v) is 1.72. The minimum absolute atomic E-state index is 0. The molecule has 0 fully saturated rings. The molecule has 1 aliphatic rings. The summed E-state index contributed by atoms with van der Waals surface area (Å²) >= 11 is 0. The van der Waals surface area contributed by atoms with E-state index in [2.05, 4.69) is 12.2 Å². The Morgan fingerprint density at radius 1 is 1.43 bits per heavy atom. The maximum Gasteiger partial charge on any atom is 0 e. The van der Waals surface area contributed by atoms with Crippen molar-refractivity contribution in [2.24, 2.45) is 0 Å². The average molecular weight is 266 g/mol. The van der Waals surface area contributed by atoms with E-state index in [9.17, 15) is 0 Å². The van der Waals surface area contributed by atoms with Crippen molar-refractivity contribution in [3.8, 4) is 0 Å². The summed E-state index contributed by atoms with van der Waals surface area (Å²) in [6, 6.07) is 0. The molecule has 0 aromatic rings. The van der Waals surface area contributed by atoms with E-state index in [1.807, 2.05) is 12.2 Å². The molecule has 1 radical (unpaired) electrons. The molecule has 0 saturated heterocycles. The summed E-state index contributed by atoms with van der Waals surface area (Å²) in [5, 5.41) is 0. The molecule has 0 N–H and O–H groups in total. The predicted octanol–water partition coefficient (Wildman–Crippen LogP) is 1.75. The van der Waals surface area contributed by atoms with E-state index in [4.69, 9.17) is 0 Å².